The van der Waals surface area contributed by atoms with Gasteiger partial charge >= 0.3 is 0 Å². The Morgan fingerprint density at radius 1 is 1.21 bits per heavy atom. The number of ether oxygens (including phenoxy) is 1. The van der Waals surface area contributed by atoms with Crippen molar-refractivity contribution in [2.45, 2.75) is 50.5 Å². The topological polar surface area (TPSA) is 105 Å². The van der Waals surface area contributed by atoms with Gasteiger partial charge in [0.2, 0.25) is 5.91 Å². The van der Waals surface area contributed by atoms with Crippen molar-refractivity contribution in [3.05, 3.63) is 70.8 Å². The van der Waals surface area contributed by atoms with Crippen molar-refractivity contribution in [2.24, 2.45) is 5.73 Å². The fourth-order valence-electron chi connectivity index (χ4n) is 4.29. The molecule has 1 heterocycles. The van der Waals surface area contributed by atoms with Gasteiger partial charge in [0.05, 0.1) is 18.2 Å². The van der Waals surface area contributed by atoms with Crippen LogP contribution in [0.25, 0.3) is 0 Å². The third kappa shape index (κ3) is 6.37. The number of nitrogens with one attached hydrogen (secondary N) is 1. The molecule has 0 spiro atoms. The molecule has 3 rings (SSSR count). The number of rotatable bonds is 10. The first-order chi connectivity index (χ1) is 16.2. The zero-order valence-electron chi connectivity index (χ0n) is 19.3. The fourth-order valence-corrected chi connectivity index (χ4v) is 4.29. The van der Waals surface area contributed by atoms with E-state index in [2.05, 4.69) is 5.32 Å². The second kappa shape index (κ2) is 11.5. The average molecular weight is 476 g/mol. The molecule has 34 heavy (non-hydrogen) atoms. The summed E-state index contributed by atoms with van der Waals surface area (Å²) in [5.41, 5.74) is 6.03. The van der Waals surface area contributed by atoms with Crippen LogP contribution in [0.15, 0.2) is 42.5 Å². The highest BCUT2D eigenvalue weighted by Crippen LogP contribution is 2.23. The van der Waals surface area contributed by atoms with E-state index in [0.717, 1.165) is 12.5 Å². The first-order valence-electron chi connectivity index (χ1n) is 11.3. The van der Waals surface area contributed by atoms with Crippen LogP contribution in [0.5, 0.6) is 0 Å². The van der Waals surface area contributed by atoms with E-state index in [0.29, 0.717) is 25.1 Å². The lowest BCUT2D eigenvalue weighted by Crippen LogP contribution is -2.53. The Kier molecular flexibility index (Phi) is 8.71. The first-order valence-corrected chi connectivity index (χ1v) is 11.3. The predicted octanol–water partition coefficient (Wildman–Crippen LogP) is 2.27. The fraction of sp³-hybridized carbons (Fsp3) is 0.440. The van der Waals surface area contributed by atoms with Crippen LogP contribution in [-0.4, -0.2) is 66.3 Å². The molecule has 4 atom stereocenters. The van der Waals surface area contributed by atoms with E-state index in [1.807, 2.05) is 6.92 Å². The van der Waals surface area contributed by atoms with Gasteiger partial charge < -0.3 is 25.8 Å². The maximum Gasteiger partial charge on any atom is 0.253 e. The smallest absolute Gasteiger partial charge is 0.253 e. The van der Waals surface area contributed by atoms with Crippen molar-refractivity contribution in [2.75, 3.05) is 20.2 Å². The van der Waals surface area contributed by atoms with Gasteiger partial charge in [0.15, 0.2) is 0 Å². The van der Waals surface area contributed by atoms with E-state index in [1.165, 1.54) is 36.2 Å². The van der Waals surface area contributed by atoms with Crippen molar-refractivity contribution >= 4 is 11.8 Å². The normalized spacial score (nSPS) is 19.6. The number of likely N-dealkylation sites (N-methyl/N-ethyl adjacent to an activating group) is 1. The SMILES string of the molecule is CCCO[C@H]1CN[C@@H]([C@@H](O)[C@H](Cc2cc(F)cc(F)c2)N(C)C(=O)c2cccc(C(N)=O)c2)C1. The van der Waals surface area contributed by atoms with Gasteiger partial charge in [0.25, 0.3) is 5.91 Å². The Labute approximate surface area is 197 Å². The van der Waals surface area contributed by atoms with Gasteiger partial charge in [-0.1, -0.05) is 13.0 Å². The van der Waals surface area contributed by atoms with Gasteiger partial charge in [-0.05, 0) is 55.2 Å². The lowest BCUT2D eigenvalue weighted by atomic mass is 9.93. The quantitative estimate of drug-likeness (QED) is 0.489. The monoisotopic (exact) mass is 475 g/mol. The van der Waals surface area contributed by atoms with E-state index < -0.39 is 35.6 Å². The number of primary amides is 1. The summed E-state index contributed by atoms with van der Waals surface area (Å²) in [6.07, 6.45) is 0.314. The standard InChI is InChI=1S/C25H31F2N3O4/c1-3-7-34-20-13-21(29-14-20)23(31)22(10-15-8-18(26)12-19(27)9-15)30(2)25(33)17-6-4-5-16(11-17)24(28)32/h4-6,8-9,11-12,20-23,29,31H,3,7,10,13-14H2,1-2H3,(H2,28,32)/t20-,21-,22+,23-/m1/s1. The molecular weight excluding hydrogens is 444 g/mol. The largest absolute Gasteiger partial charge is 0.389 e. The number of nitrogens with two attached hydrogens (primary N) is 1. The van der Waals surface area contributed by atoms with Crippen LogP contribution in [0.4, 0.5) is 8.78 Å². The highest BCUT2D eigenvalue weighted by atomic mass is 19.1. The van der Waals surface area contributed by atoms with Crippen LogP contribution in [-0.2, 0) is 11.2 Å². The summed E-state index contributed by atoms with van der Waals surface area (Å²) in [6, 6.07) is 7.92. The highest BCUT2D eigenvalue weighted by Gasteiger charge is 2.37. The summed E-state index contributed by atoms with van der Waals surface area (Å²) in [4.78, 5) is 26.2. The summed E-state index contributed by atoms with van der Waals surface area (Å²) in [6.45, 7) is 3.17. The molecule has 0 saturated carbocycles. The lowest BCUT2D eigenvalue weighted by molar-refractivity contribution is 0.0248. The Morgan fingerprint density at radius 2 is 1.88 bits per heavy atom. The van der Waals surface area contributed by atoms with Crippen molar-refractivity contribution in [3.8, 4) is 0 Å². The molecule has 184 valence electrons. The summed E-state index contributed by atoms with van der Waals surface area (Å²) >= 11 is 0. The summed E-state index contributed by atoms with van der Waals surface area (Å²) in [5.74, 6) is -2.60. The molecule has 0 unspecified atom stereocenters. The van der Waals surface area contributed by atoms with Gasteiger partial charge in [-0.3, -0.25) is 9.59 Å². The molecule has 2 amide bonds. The molecule has 9 heteroatoms. The maximum absolute atomic E-state index is 13.8. The molecule has 1 saturated heterocycles. The van der Waals surface area contributed by atoms with E-state index >= 15 is 0 Å². The number of nitrogens with zero attached hydrogens (tertiary/aromatic N) is 1. The third-order valence-corrected chi connectivity index (χ3v) is 6.07. The average Bonchev–Trinajstić information content (AvgIpc) is 3.28. The number of benzene rings is 2. The van der Waals surface area contributed by atoms with Crippen molar-refractivity contribution < 1.29 is 28.2 Å². The molecule has 2 aromatic carbocycles. The number of carbonyl (C=O) groups excluding carboxylic acids is 2. The van der Waals surface area contributed by atoms with Crippen molar-refractivity contribution in [1.29, 1.82) is 0 Å². The Morgan fingerprint density at radius 3 is 2.53 bits per heavy atom. The number of aliphatic hydroxyl groups is 1. The van der Waals surface area contributed by atoms with Gasteiger partial charge in [-0.15, -0.1) is 0 Å². The molecule has 0 bridgehead atoms. The van der Waals surface area contributed by atoms with Gasteiger partial charge in [0.1, 0.15) is 11.6 Å². The van der Waals surface area contributed by atoms with Gasteiger partial charge in [-0.2, -0.15) is 0 Å². The Bertz CT molecular complexity index is 999. The number of halogens is 2. The second-order valence-electron chi connectivity index (χ2n) is 8.64. The van der Waals surface area contributed by atoms with Crippen molar-refractivity contribution in [1.82, 2.24) is 10.2 Å². The van der Waals surface area contributed by atoms with E-state index in [9.17, 15) is 23.5 Å². The van der Waals surface area contributed by atoms with Crippen LogP contribution in [0, 0.1) is 11.6 Å². The van der Waals surface area contributed by atoms with E-state index in [1.54, 1.807) is 12.1 Å². The number of hydrogen-bond acceptors (Lipinski definition) is 5. The number of carbonyl (C=O) groups is 2. The maximum atomic E-state index is 13.8. The highest BCUT2D eigenvalue weighted by molar-refractivity contribution is 5.99. The van der Waals surface area contributed by atoms with Crippen LogP contribution in [0.2, 0.25) is 0 Å². The van der Waals surface area contributed by atoms with Gasteiger partial charge in [0, 0.05) is 43.4 Å². The first kappa shape index (κ1) is 25.7. The zero-order valence-corrected chi connectivity index (χ0v) is 19.3. The summed E-state index contributed by atoms with van der Waals surface area (Å²) in [5, 5.41) is 14.5. The lowest BCUT2D eigenvalue weighted by Gasteiger charge is -2.35. The minimum atomic E-state index is -1.05. The molecule has 0 aromatic heterocycles. The Hall–Kier alpha value is -2.88. The molecule has 1 fully saturated rings. The molecule has 0 radical (unpaired) electrons. The van der Waals surface area contributed by atoms with Crippen LogP contribution >= 0.6 is 0 Å². The second-order valence-corrected chi connectivity index (χ2v) is 8.64. The number of amides is 2. The molecule has 4 N–H and O–H groups in total. The summed E-state index contributed by atoms with van der Waals surface area (Å²) < 4.78 is 33.5. The number of hydrogen-bond donors (Lipinski definition) is 3. The van der Waals surface area contributed by atoms with Crippen LogP contribution < -0.4 is 11.1 Å². The Balaban J connectivity index is 1.86. The number of aliphatic hydroxyl groups excluding tert-OH is 1. The van der Waals surface area contributed by atoms with E-state index in [-0.39, 0.29) is 29.7 Å². The molecular formula is C25H31F2N3O4. The van der Waals surface area contributed by atoms with E-state index in [4.69, 9.17) is 10.5 Å². The zero-order chi connectivity index (χ0) is 24.8. The minimum absolute atomic E-state index is 0.0201. The van der Waals surface area contributed by atoms with Crippen LogP contribution in [0.3, 0.4) is 0 Å². The molecule has 2 aromatic rings. The molecule has 1 aliphatic rings. The molecule has 1 aliphatic heterocycles. The van der Waals surface area contributed by atoms with Gasteiger partial charge in [-0.25, -0.2) is 8.78 Å². The summed E-state index contributed by atoms with van der Waals surface area (Å²) in [7, 11) is 1.52. The molecule has 7 nitrogen and oxygen atoms in total. The third-order valence-electron chi connectivity index (χ3n) is 6.07. The predicted molar refractivity (Wildman–Crippen MR) is 123 cm³/mol. The minimum Gasteiger partial charge on any atom is -0.389 e. The van der Waals surface area contributed by atoms with Crippen molar-refractivity contribution in [3.63, 3.8) is 0 Å². The van der Waals surface area contributed by atoms with Crippen LogP contribution in [0.1, 0.15) is 46.0 Å². The molecule has 0 aliphatic carbocycles.